The first-order chi connectivity index (χ1) is 12.7. The minimum Gasteiger partial charge on any atom is -0.495 e. The molecule has 0 heterocycles. The lowest BCUT2D eigenvalue weighted by Crippen LogP contribution is -2.30. The Morgan fingerprint density at radius 1 is 1.15 bits per heavy atom. The molecule has 0 spiro atoms. The first-order valence-corrected chi connectivity index (χ1v) is 10.0. The summed E-state index contributed by atoms with van der Waals surface area (Å²) in [6, 6.07) is 11.1. The molecule has 0 aliphatic rings. The summed E-state index contributed by atoms with van der Waals surface area (Å²) in [5.74, 6) is -0.122. The van der Waals surface area contributed by atoms with Gasteiger partial charge in [0.25, 0.3) is 0 Å². The Hall–Kier alpha value is -2.35. The van der Waals surface area contributed by atoms with Crippen LogP contribution in [0.5, 0.6) is 5.75 Å². The summed E-state index contributed by atoms with van der Waals surface area (Å²) >= 11 is 5.81. The Morgan fingerprint density at radius 3 is 2.41 bits per heavy atom. The zero-order valence-corrected chi connectivity index (χ0v) is 16.8. The van der Waals surface area contributed by atoms with Crippen LogP contribution in [0.3, 0.4) is 0 Å². The molecule has 27 heavy (non-hydrogen) atoms. The SMILES string of the molecule is COc1ccc(/C=C/C(=O)Nc2ccc(Cl)cc2)cc1S(=O)(=O)NC(C)C. The lowest BCUT2D eigenvalue weighted by Gasteiger charge is -2.13. The highest BCUT2D eigenvalue weighted by Gasteiger charge is 2.20. The minimum atomic E-state index is -3.74. The van der Waals surface area contributed by atoms with E-state index in [0.717, 1.165) is 0 Å². The van der Waals surface area contributed by atoms with Crippen LogP contribution in [0.4, 0.5) is 5.69 Å². The quantitative estimate of drug-likeness (QED) is 0.684. The smallest absolute Gasteiger partial charge is 0.248 e. The van der Waals surface area contributed by atoms with Gasteiger partial charge in [-0.2, -0.15) is 0 Å². The van der Waals surface area contributed by atoms with Gasteiger partial charge < -0.3 is 10.1 Å². The molecular formula is C19H21ClN2O4S. The van der Waals surface area contributed by atoms with Crippen molar-refractivity contribution in [1.82, 2.24) is 4.72 Å². The van der Waals surface area contributed by atoms with Crippen molar-refractivity contribution in [3.8, 4) is 5.75 Å². The van der Waals surface area contributed by atoms with Crippen molar-refractivity contribution in [2.45, 2.75) is 24.8 Å². The maximum absolute atomic E-state index is 12.5. The second-order valence-electron chi connectivity index (χ2n) is 6.02. The molecule has 0 saturated carbocycles. The maximum Gasteiger partial charge on any atom is 0.248 e. The van der Waals surface area contributed by atoms with Gasteiger partial charge in [-0.25, -0.2) is 13.1 Å². The molecule has 2 rings (SSSR count). The first kappa shape index (κ1) is 21.0. The summed E-state index contributed by atoms with van der Waals surface area (Å²) in [4.78, 5) is 12.0. The van der Waals surface area contributed by atoms with Crippen LogP contribution in [0, 0.1) is 0 Å². The van der Waals surface area contributed by atoms with Crippen LogP contribution in [0.1, 0.15) is 19.4 Å². The van der Waals surface area contributed by atoms with Crippen molar-refractivity contribution >= 4 is 39.3 Å². The molecule has 0 atom stereocenters. The summed E-state index contributed by atoms with van der Waals surface area (Å²) < 4.78 is 32.6. The third-order valence-corrected chi connectivity index (χ3v) is 5.34. The van der Waals surface area contributed by atoms with Crippen molar-refractivity contribution in [2.24, 2.45) is 0 Å². The Morgan fingerprint density at radius 2 is 1.81 bits per heavy atom. The fourth-order valence-electron chi connectivity index (χ4n) is 2.27. The van der Waals surface area contributed by atoms with Crippen molar-refractivity contribution in [2.75, 3.05) is 12.4 Å². The van der Waals surface area contributed by atoms with Crippen LogP contribution in [0.15, 0.2) is 53.4 Å². The summed E-state index contributed by atoms with van der Waals surface area (Å²) in [6.07, 6.45) is 2.85. The number of anilines is 1. The summed E-state index contributed by atoms with van der Waals surface area (Å²) in [6.45, 7) is 3.46. The Labute approximate surface area is 164 Å². The van der Waals surface area contributed by atoms with Gasteiger partial charge in [-0.3, -0.25) is 4.79 Å². The molecule has 2 N–H and O–H groups in total. The molecule has 0 aliphatic heterocycles. The molecule has 1 amide bonds. The lowest BCUT2D eigenvalue weighted by atomic mass is 10.2. The van der Waals surface area contributed by atoms with E-state index in [2.05, 4.69) is 10.0 Å². The Bertz CT molecular complexity index is 939. The largest absolute Gasteiger partial charge is 0.495 e. The first-order valence-electron chi connectivity index (χ1n) is 8.16. The number of sulfonamides is 1. The summed E-state index contributed by atoms with van der Waals surface area (Å²) in [5, 5.41) is 3.27. The monoisotopic (exact) mass is 408 g/mol. The highest BCUT2D eigenvalue weighted by Crippen LogP contribution is 2.25. The highest BCUT2D eigenvalue weighted by atomic mass is 35.5. The number of amides is 1. The average Bonchev–Trinajstić information content (AvgIpc) is 2.60. The number of carbonyl (C=O) groups excluding carboxylic acids is 1. The number of hydrogen-bond acceptors (Lipinski definition) is 4. The van der Waals surface area contributed by atoms with Crippen LogP contribution in [0.2, 0.25) is 5.02 Å². The number of carbonyl (C=O) groups is 1. The predicted molar refractivity (Wildman–Crippen MR) is 108 cm³/mol. The van der Waals surface area contributed by atoms with E-state index in [1.807, 2.05) is 0 Å². The average molecular weight is 409 g/mol. The van der Waals surface area contributed by atoms with Gasteiger partial charge in [0.15, 0.2) is 0 Å². The number of benzene rings is 2. The van der Waals surface area contributed by atoms with Gasteiger partial charge in [0.1, 0.15) is 10.6 Å². The number of hydrogen-bond donors (Lipinski definition) is 2. The fourth-order valence-corrected chi connectivity index (χ4v) is 3.85. The molecule has 2 aromatic carbocycles. The van der Waals surface area contributed by atoms with E-state index in [-0.39, 0.29) is 22.6 Å². The van der Waals surface area contributed by atoms with E-state index in [1.165, 1.54) is 25.3 Å². The highest BCUT2D eigenvalue weighted by molar-refractivity contribution is 7.89. The fraction of sp³-hybridized carbons (Fsp3) is 0.211. The summed E-state index contributed by atoms with van der Waals surface area (Å²) in [7, 11) is -2.34. The van der Waals surface area contributed by atoms with Crippen LogP contribution < -0.4 is 14.8 Å². The second kappa shape index (κ2) is 9.03. The van der Waals surface area contributed by atoms with E-state index in [0.29, 0.717) is 16.3 Å². The van der Waals surface area contributed by atoms with E-state index in [9.17, 15) is 13.2 Å². The second-order valence-corrected chi connectivity index (χ2v) is 8.13. The lowest BCUT2D eigenvalue weighted by molar-refractivity contribution is -0.111. The molecule has 8 heteroatoms. The number of nitrogens with one attached hydrogen (secondary N) is 2. The van der Waals surface area contributed by atoms with Crippen molar-refractivity contribution in [3.63, 3.8) is 0 Å². The van der Waals surface area contributed by atoms with Crippen molar-refractivity contribution < 1.29 is 17.9 Å². The zero-order valence-electron chi connectivity index (χ0n) is 15.2. The molecule has 0 fully saturated rings. The minimum absolute atomic E-state index is 0.0129. The van der Waals surface area contributed by atoms with E-state index < -0.39 is 10.0 Å². The molecular weight excluding hydrogens is 388 g/mol. The Balaban J connectivity index is 2.21. The molecule has 0 aromatic heterocycles. The van der Waals surface area contributed by atoms with Gasteiger partial charge in [0.05, 0.1) is 7.11 Å². The van der Waals surface area contributed by atoms with Gasteiger partial charge in [0, 0.05) is 22.8 Å². The predicted octanol–water partition coefficient (Wildman–Crippen LogP) is 3.69. The Kier molecular flexibility index (Phi) is 7.01. The zero-order chi connectivity index (χ0) is 20.0. The van der Waals surface area contributed by atoms with Crippen LogP contribution in [0.25, 0.3) is 6.08 Å². The van der Waals surface area contributed by atoms with E-state index in [4.69, 9.17) is 16.3 Å². The van der Waals surface area contributed by atoms with E-state index in [1.54, 1.807) is 50.2 Å². The molecule has 0 aliphatic carbocycles. The van der Waals surface area contributed by atoms with Gasteiger partial charge >= 0.3 is 0 Å². The molecule has 0 bridgehead atoms. The van der Waals surface area contributed by atoms with E-state index >= 15 is 0 Å². The third-order valence-electron chi connectivity index (χ3n) is 3.41. The maximum atomic E-state index is 12.5. The molecule has 0 unspecified atom stereocenters. The van der Waals surface area contributed by atoms with Crippen molar-refractivity contribution in [1.29, 1.82) is 0 Å². The van der Waals surface area contributed by atoms with Crippen LogP contribution in [-0.2, 0) is 14.8 Å². The van der Waals surface area contributed by atoms with Gasteiger partial charge in [-0.1, -0.05) is 17.7 Å². The number of methoxy groups -OCH3 is 1. The van der Waals surface area contributed by atoms with Gasteiger partial charge in [0.2, 0.25) is 15.9 Å². The number of rotatable bonds is 7. The van der Waals surface area contributed by atoms with Crippen molar-refractivity contribution in [3.05, 3.63) is 59.1 Å². The molecule has 2 aromatic rings. The standard InChI is InChI=1S/C19H21ClN2O4S/c1-13(2)22-27(24,25)18-12-14(4-10-17(18)26-3)5-11-19(23)21-16-8-6-15(20)7-9-16/h4-13,22H,1-3H3,(H,21,23)/b11-5+. The van der Waals surface area contributed by atoms with Gasteiger partial charge in [-0.05, 0) is 61.9 Å². The normalized spacial score (nSPS) is 11.7. The third kappa shape index (κ3) is 6.09. The number of ether oxygens (including phenoxy) is 1. The van der Waals surface area contributed by atoms with Crippen LogP contribution in [-0.4, -0.2) is 27.5 Å². The number of halogens is 1. The van der Waals surface area contributed by atoms with Crippen LogP contribution >= 0.6 is 11.6 Å². The summed E-state index contributed by atoms with van der Waals surface area (Å²) in [5.41, 5.74) is 1.15. The molecule has 0 radical (unpaired) electrons. The molecule has 6 nitrogen and oxygen atoms in total. The van der Waals surface area contributed by atoms with Gasteiger partial charge in [-0.15, -0.1) is 0 Å². The molecule has 144 valence electrons. The topological polar surface area (TPSA) is 84.5 Å². The molecule has 0 saturated heterocycles.